The minimum atomic E-state index is -0.118. The summed E-state index contributed by atoms with van der Waals surface area (Å²) in [5.74, 6) is 0. The van der Waals surface area contributed by atoms with E-state index in [2.05, 4.69) is 33.8 Å². The standard InChI is InChI=1S/C22H28BrNO2/c1-2-3-4-5-9-16-19(14-23)18-13-15-8-6-11-24-12-7-10-17(20(15)24)21(18)26-22(16)25/h13H,2-12,14H2,1H3. The van der Waals surface area contributed by atoms with E-state index in [0.717, 1.165) is 67.2 Å². The third-order valence-corrected chi connectivity index (χ3v) is 6.58. The predicted octanol–water partition coefficient (Wildman–Crippen LogP) is 5.51. The van der Waals surface area contributed by atoms with Gasteiger partial charge in [-0.25, -0.2) is 4.79 Å². The number of nitrogens with zero attached hydrogens (tertiary/aromatic N) is 1. The summed E-state index contributed by atoms with van der Waals surface area (Å²) in [5, 5.41) is 1.89. The summed E-state index contributed by atoms with van der Waals surface area (Å²) in [6, 6.07) is 2.32. The van der Waals surface area contributed by atoms with Gasteiger partial charge < -0.3 is 9.32 Å². The molecule has 2 aliphatic heterocycles. The molecule has 1 aromatic carbocycles. The molecule has 3 heterocycles. The molecule has 0 saturated heterocycles. The molecule has 0 atom stereocenters. The Balaban J connectivity index is 1.85. The summed E-state index contributed by atoms with van der Waals surface area (Å²) in [6.45, 7) is 4.49. The Bertz CT molecular complexity index is 869. The van der Waals surface area contributed by atoms with Crippen LogP contribution in [0.25, 0.3) is 11.0 Å². The van der Waals surface area contributed by atoms with E-state index in [1.165, 1.54) is 47.9 Å². The highest BCUT2D eigenvalue weighted by atomic mass is 79.9. The number of hydrogen-bond acceptors (Lipinski definition) is 3. The Morgan fingerprint density at radius 3 is 2.69 bits per heavy atom. The van der Waals surface area contributed by atoms with Gasteiger partial charge in [0.15, 0.2) is 0 Å². The maximum atomic E-state index is 12.8. The Morgan fingerprint density at radius 2 is 1.92 bits per heavy atom. The number of benzene rings is 1. The first kappa shape index (κ1) is 18.1. The molecule has 140 valence electrons. The summed E-state index contributed by atoms with van der Waals surface area (Å²) in [5.41, 5.74) is 6.89. The highest BCUT2D eigenvalue weighted by Gasteiger charge is 2.28. The molecular weight excluding hydrogens is 390 g/mol. The van der Waals surface area contributed by atoms with Gasteiger partial charge in [0, 0.05) is 40.6 Å². The second-order valence-corrected chi connectivity index (χ2v) is 8.29. The van der Waals surface area contributed by atoms with Crippen molar-refractivity contribution >= 4 is 32.6 Å². The zero-order chi connectivity index (χ0) is 18.1. The van der Waals surface area contributed by atoms with Gasteiger partial charge in [-0.1, -0.05) is 42.1 Å². The SMILES string of the molecule is CCCCCCc1c(CBr)c2cc3c4c(c2oc1=O)CCCN4CCC3. The van der Waals surface area contributed by atoms with Crippen LogP contribution in [-0.4, -0.2) is 13.1 Å². The monoisotopic (exact) mass is 417 g/mol. The summed E-state index contributed by atoms with van der Waals surface area (Å²) >= 11 is 3.66. The van der Waals surface area contributed by atoms with E-state index >= 15 is 0 Å². The highest BCUT2D eigenvalue weighted by Crippen LogP contribution is 2.41. The Hall–Kier alpha value is -1.29. The lowest BCUT2D eigenvalue weighted by Gasteiger charge is -2.37. The summed E-state index contributed by atoms with van der Waals surface area (Å²) in [6.07, 6.45) is 10.1. The van der Waals surface area contributed by atoms with Gasteiger partial charge in [0.2, 0.25) is 0 Å². The van der Waals surface area contributed by atoms with Gasteiger partial charge in [-0.3, -0.25) is 0 Å². The number of aryl methyl sites for hydroxylation is 2. The van der Waals surface area contributed by atoms with Crippen molar-refractivity contribution in [2.75, 3.05) is 18.0 Å². The van der Waals surface area contributed by atoms with Crippen LogP contribution in [-0.2, 0) is 24.6 Å². The van der Waals surface area contributed by atoms with E-state index < -0.39 is 0 Å². The lowest BCUT2D eigenvalue weighted by Crippen LogP contribution is -2.34. The first-order chi connectivity index (χ1) is 12.7. The Kier molecular flexibility index (Phi) is 5.40. The molecule has 0 bridgehead atoms. The lowest BCUT2D eigenvalue weighted by molar-refractivity contribution is 0.534. The Morgan fingerprint density at radius 1 is 1.12 bits per heavy atom. The fourth-order valence-electron chi connectivity index (χ4n) is 4.75. The molecule has 0 radical (unpaired) electrons. The van der Waals surface area contributed by atoms with Crippen LogP contribution in [0, 0.1) is 0 Å². The van der Waals surface area contributed by atoms with Crippen LogP contribution in [0.5, 0.6) is 0 Å². The smallest absolute Gasteiger partial charge is 0.339 e. The van der Waals surface area contributed by atoms with Crippen LogP contribution in [0.15, 0.2) is 15.3 Å². The van der Waals surface area contributed by atoms with E-state index in [9.17, 15) is 4.79 Å². The van der Waals surface area contributed by atoms with Crippen LogP contribution in [0.4, 0.5) is 5.69 Å². The molecule has 3 nitrogen and oxygen atoms in total. The minimum Gasteiger partial charge on any atom is -0.422 e. The quantitative estimate of drug-likeness (QED) is 0.352. The number of hydrogen-bond donors (Lipinski definition) is 0. The number of unbranched alkanes of at least 4 members (excludes halogenated alkanes) is 3. The zero-order valence-electron chi connectivity index (χ0n) is 15.7. The van der Waals surface area contributed by atoms with Crippen molar-refractivity contribution in [3.8, 4) is 0 Å². The maximum Gasteiger partial charge on any atom is 0.339 e. The first-order valence-corrected chi connectivity index (χ1v) is 11.3. The molecule has 4 heteroatoms. The van der Waals surface area contributed by atoms with Crippen molar-refractivity contribution in [3.63, 3.8) is 0 Å². The first-order valence-electron chi connectivity index (χ1n) is 10.2. The van der Waals surface area contributed by atoms with Crippen LogP contribution in [0.3, 0.4) is 0 Å². The molecular formula is C22H28BrNO2. The molecule has 0 aliphatic carbocycles. The van der Waals surface area contributed by atoms with Crippen LogP contribution in [0.2, 0.25) is 0 Å². The molecule has 0 amide bonds. The topological polar surface area (TPSA) is 33.5 Å². The van der Waals surface area contributed by atoms with Gasteiger partial charge in [-0.2, -0.15) is 0 Å². The van der Waals surface area contributed by atoms with E-state index in [0.29, 0.717) is 0 Å². The van der Waals surface area contributed by atoms with Crippen molar-refractivity contribution in [1.29, 1.82) is 0 Å². The molecule has 1 aromatic heterocycles. The number of rotatable bonds is 6. The summed E-state index contributed by atoms with van der Waals surface area (Å²) < 4.78 is 5.96. The highest BCUT2D eigenvalue weighted by molar-refractivity contribution is 9.08. The van der Waals surface area contributed by atoms with Crippen molar-refractivity contribution in [2.45, 2.75) is 70.0 Å². The molecule has 2 aromatic rings. The van der Waals surface area contributed by atoms with Gasteiger partial charge in [0.1, 0.15) is 5.58 Å². The van der Waals surface area contributed by atoms with Crippen molar-refractivity contribution < 1.29 is 4.42 Å². The van der Waals surface area contributed by atoms with Crippen LogP contribution >= 0.6 is 15.9 Å². The third kappa shape index (κ3) is 3.11. The average Bonchev–Trinajstić information content (AvgIpc) is 2.66. The largest absolute Gasteiger partial charge is 0.422 e. The molecule has 0 saturated carbocycles. The van der Waals surface area contributed by atoms with Gasteiger partial charge in [0.25, 0.3) is 0 Å². The molecule has 4 rings (SSSR count). The molecule has 0 unspecified atom stereocenters. The number of anilines is 1. The molecule has 0 N–H and O–H groups in total. The molecule has 0 spiro atoms. The van der Waals surface area contributed by atoms with E-state index in [1.807, 2.05) is 0 Å². The van der Waals surface area contributed by atoms with Crippen LogP contribution < -0.4 is 10.5 Å². The third-order valence-electron chi connectivity index (χ3n) is 6.02. The number of halogens is 1. The van der Waals surface area contributed by atoms with Gasteiger partial charge in [-0.05, 0) is 55.7 Å². The van der Waals surface area contributed by atoms with Crippen LogP contribution in [0.1, 0.15) is 67.7 Å². The normalized spacial score (nSPS) is 16.2. The average molecular weight is 418 g/mol. The summed E-state index contributed by atoms with van der Waals surface area (Å²) in [4.78, 5) is 15.3. The lowest BCUT2D eigenvalue weighted by atomic mass is 9.88. The van der Waals surface area contributed by atoms with Gasteiger partial charge >= 0.3 is 5.63 Å². The van der Waals surface area contributed by atoms with Crippen molar-refractivity contribution in [3.05, 3.63) is 38.7 Å². The fourth-order valence-corrected chi connectivity index (χ4v) is 5.39. The van der Waals surface area contributed by atoms with Crippen molar-refractivity contribution in [2.24, 2.45) is 0 Å². The fraction of sp³-hybridized carbons (Fsp3) is 0.591. The summed E-state index contributed by atoms with van der Waals surface area (Å²) in [7, 11) is 0. The number of alkyl halides is 1. The van der Waals surface area contributed by atoms with Crippen molar-refractivity contribution in [1.82, 2.24) is 0 Å². The second kappa shape index (κ2) is 7.75. The second-order valence-electron chi connectivity index (χ2n) is 7.72. The maximum absolute atomic E-state index is 12.8. The predicted molar refractivity (Wildman–Crippen MR) is 112 cm³/mol. The zero-order valence-corrected chi connectivity index (χ0v) is 17.3. The molecule has 0 fully saturated rings. The van der Waals surface area contributed by atoms with E-state index in [4.69, 9.17) is 4.42 Å². The minimum absolute atomic E-state index is 0.118. The molecule has 2 aliphatic rings. The van der Waals surface area contributed by atoms with Gasteiger partial charge in [-0.15, -0.1) is 0 Å². The Labute approximate surface area is 163 Å². The molecule has 26 heavy (non-hydrogen) atoms. The van der Waals surface area contributed by atoms with E-state index in [1.54, 1.807) is 0 Å². The van der Waals surface area contributed by atoms with Gasteiger partial charge in [0.05, 0.1) is 0 Å². The number of fused-ring (bicyclic) bond motifs is 2. The van der Waals surface area contributed by atoms with E-state index in [-0.39, 0.29) is 5.63 Å².